The molecule has 2 amide bonds. The molecule has 0 aromatic carbocycles. The van der Waals surface area contributed by atoms with Gasteiger partial charge in [-0.3, -0.25) is 14.6 Å². The smallest absolute Gasteiger partial charge is 0.254 e. The van der Waals surface area contributed by atoms with Crippen LogP contribution in [0.4, 0.5) is 0 Å². The summed E-state index contributed by atoms with van der Waals surface area (Å²) in [6.07, 6.45) is 3.48. The maximum atomic E-state index is 13.1. The maximum absolute atomic E-state index is 13.1. The summed E-state index contributed by atoms with van der Waals surface area (Å²) in [5.74, 6) is 0.689. The Morgan fingerprint density at radius 1 is 1.23 bits per heavy atom. The SMILES string of the molecule is Cc1cc(C(=O)N2C[C@H]3C[C@@H](C2)[C@H](CO)N2C(=O)CCC[C@@H]32)cc(C)n1. The summed E-state index contributed by atoms with van der Waals surface area (Å²) in [5, 5.41) is 9.97. The van der Waals surface area contributed by atoms with Crippen LogP contribution in [0.25, 0.3) is 0 Å². The number of aliphatic hydroxyl groups excluding tert-OH is 1. The summed E-state index contributed by atoms with van der Waals surface area (Å²) in [7, 11) is 0. The number of amides is 2. The number of carbonyl (C=O) groups excluding carboxylic acids is 2. The number of carbonyl (C=O) groups is 2. The van der Waals surface area contributed by atoms with Crippen LogP contribution in [0.15, 0.2) is 12.1 Å². The molecule has 3 saturated heterocycles. The highest BCUT2D eigenvalue weighted by Crippen LogP contribution is 2.41. The Balaban J connectivity index is 1.60. The van der Waals surface area contributed by atoms with Crippen LogP contribution < -0.4 is 0 Å². The summed E-state index contributed by atoms with van der Waals surface area (Å²) in [6, 6.07) is 3.71. The van der Waals surface area contributed by atoms with Gasteiger partial charge in [-0.2, -0.15) is 0 Å². The number of aliphatic hydroxyl groups is 1. The van der Waals surface area contributed by atoms with Crippen molar-refractivity contribution in [1.29, 1.82) is 0 Å². The van der Waals surface area contributed by atoms with E-state index in [-0.39, 0.29) is 36.4 Å². The summed E-state index contributed by atoms with van der Waals surface area (Å²) >= 11 is 0. The first-order valence-corrected chi connectivity index (χ1v) is 9.64. The van der Waals surface area contributed by atoms with Crippen LogP contribution in [-0.2, 0) is 4.79 Å². The van der Waals surface area contributed by atoms with Crippen molar-refractivity contribution in [3.8, 4) is 0 Å². The molecule has 3 aliphatic heterocycles. The average Bonchev–Trinajstić information content (AvgIpc) is 2.61. The molecule has 4 rings (SSSR count). The van der Waals surface area contributed by atoms with Gasteiger partial charge in [0, 0.05) is 42.5 Å². The van der Waals surface area contributed by atoms with Crippen LogP contribution in [0, 0.1) is 25.7 Å². The van der Waals surface area contributed by atoms with Crippen LogP contribution in [-0.4, -0.2) is 63.5 Å². The van der Waals surface area contributed by atoms with Crippen molar-refractivity contribution in [2.24, 2.45) is 11.8 Å². The Labute approximate surface area is 154 Å². The minimum Gasteiger partial charge on any atom is -0.394 e. The van der Waals surface area contributed by atoms with E-state index >= 15 is 0 Å². The zero-order valence-corrected chi connectivity index (χ0v) is 15.5. The summed E-state index contributed by atoms with van der Waals surface area (Å²) in [4.78, 5) is 33.8. The standard InChI is InChI=1S/C20H27N3O3/c1-12-6-14(7-13(2)21-12)20(26)22-9-15-8-16(10-22)18(11-24)23-17(15)4-3-5-19(23)25/h6-7,15-18,24H,3-5,8-11H2,1-2H3/t15-,16+,17+,18+/m1/s1. The van der Waals surface area contributed by atoms with E-state index in [1.807, 2.05) is 35.8 Å². The molecule has 1 aromatic rings. The number of aryl methyl sites for hydroxylation is 2. The Morgan fingerprint density at radius 3 is 2.62 bits per heavy atom. The van der Waals surface area contributed by atoms with Gasteiger partial charge in [0.15, 0.2) is 0 Å². The zero-order chi connectivity index (χ0) is 18.4. The lowest BCUT2D eigenvalue weighted by atomic mass is 9.72. The molecule has 26 heavy (non-hydrogen) atoms. The van der Waals surface area contributed by atoms with Crippen molar-refractivity contribution in [3.05, 3.63) is 29.1 Å². The third-order valence-corrected chi connectivity index (χ3v) is 6.30. The van der Waals surface area contributed by atoms with E-state index in [1.54, 1.807) is 0 Å². The Morgan fingerprint density at radius 2 is 1.92 bits per heavy atom. The van der Waals surface area contributed by atoms with Crippen LogP contribution in [0.2, 0.25) is 0 Å². The molecule has 6 heteroatoms. The van der Waals surface area contributed by atoms with Crippen molar-refractivity contribution >= 4 is 11.8 Å². The predicted octanol–water partition coefficient (Wildman–Crippen LogP) is 1.53. The number of piperidine rings is 3. The molecule has 0 radical (unpaired) electrons. The normalized spacial score (nSPS) is 31.0. The summed E-state index contributed by atoms with van der Waals surface area (Å²) in [6.45, 7) is 5.10. The van der Waals surface area contributed by atoms with Crippen molar-refractivity contribution in [2.75, 3.05) is 19.7 Å². The van der Waals surface area contributed by atoms with E-state index < -0.39 is 0 Å². The second kappa shape index (κ2) is 6.65. The number of pyridine rings is 1. The van der Waals surface area contributed by atoms with Gasteiger partial charge in [0.25, 0.3) is 5.91 Å². The number of hydrogen-bond donors (Lipinski definition) is 1. The first kappa shape index (κ1) is 17.5. The van der Waals surface area contributed by atoms with E-state index in [2.05, 4.69) is 4.98 Å². The second-order valence-electron chi connectivity index (χ2n) is 8.12. The predicted molar refractivity (Wildman–Crippen MR) is 96.6 cm³/mol. The van der Waals surface area contributed by atoms with E-state index in [9.17, 15) is 14.7 Å². The first-order valence-electron chi connectivity index (χ1n) is 9.64. The molecular weight excluding hydrogens is 330 g/mol. The van der Waals surface area contributed by atoms with Crippen LogP contribution >= 0.6 is 0 Å². The van der Waals surface area contributed by atoms with Crippen molar-refractivity contribution < 1.29 is 14.7 Å². The molecular formula is C20H27N3O3. The minimum atomic E-state index is -0.152. The van der Waals surface area contributed by atoms with Crippen molar-refractivity contribution in [3.63, 3.8) is 0 Å². The van der Waals surface area contributed by atoms with Crippen LogP contribution in [0.1, 0.15) is 47.4 Å². The van der Waals surface area contributed by atoms with Gasteiger partial charge in [-0.1, -0.05) is 0 Å². The molecule has 0 aliphatic carbocycles. The van der Waals surface area contributed by atoms with Gasteiger partial charge < -0.3 is 14.9 Å². The van der Waals surface area contributed by atoms with E-state index in [0.29, 0.717) is 31.0 Å². The highest BCUT2D eigenvalue weighted by atomic mass is 16.3. The molecule has 1 aromatic heterocycles. The van der Waals surface area contributed by atoms with Crippen LogP contribution in [0.3, 0.4) is 0 Å². The average molecular weight is 357 g/mol. The Kier molecular flexibility index (Phi) is 4.47. The molecule has 140 valence electrons. The lowest BCUT2D eigenvalue weighted by molar-refractivity contribution is -0.154. The van der Waals surface area contributed by atoms with Crippen molar-refractivity contribution in [2.45, 2.75) is 51.6 Å². The molecule has 1 N–H and O–H groups in total. The third kappa shape index (κ3) is 2.90. The van der Waals surface area contributed by atoms with Crippen molar-refractivity contribution in [1.82, 2.24) is 14.8 Å². The Hall–Kier alpha value is -1.95. The highest BCUT2D eigenvalue weighted by Gasteiger charge is 2.49. The molecule has 3 aliphatic rings. The number of rotatable bonds is 2. The fraction of sp³-hybridized carbons (Fsp3) is 0.650. The zero-order valence-electron chi connectivity index (χ0n) is 15.5. The molecule has 0 saturated carbocycles. The van der Waals surface area contributed by atoms with E-state index in [1.165, 1.54) is 0 Å². The molecule has 4 heterocycles. The monoisotopic (exact) mass is 357 g/mol. The summed E-state index contributed by atoms with van der Waals surface area (Å²) < 4.78 is 0. The van der Waals surface area contributed by atoms with Gasteiger partial charge in [-0.15, -0.1) is 0 Å². The molecule has 0 spiro atoms. The molecule has 2 bridgehead atoms. The maximum Gasteiger partial charge on any atom is 0.254 e. The Bertz CT molecular complexity index is 701. The number of likely N-dealkylation sites (tertiary alicyclic amines) is 1. The molecule has 0 unspecified atom stereocenters. The van der Waals surface area contributed by atoms with Gasteiger partial charge in [0.2, 0.25) is 5.91 Å². The highest BCUT2D eigenvalue weighted by molar-refractivity contribution is 5.94. The van der Waals surface area contributed by atoms with Gasteiger partial charge in [0.1, 0.15) is 0 Å². The van der Waals surface area contributed by atoms with E-state index in [4.69, 9.17) is 0 Å². The first-order chi connectivity index (χ1) is 12.5. The second-order valence-corrected chi connectivity index (χ2v) is 8.12. The fourth-order valence-corrected chi connectivity index (χ4v) is 5.32. The number of aromatic nitrogens is 1. The third-order valence-electron chi connectivity index (χ3n) is 6.30. The lowest BCUT2D eigenvalue weighted by Gasteiger charge is -2.56. The topological polar surface area (TPSA) is 73.7 Å². The number of hydrogen-bond acceptors (Lipinski definition) is 4. The van der Waals surface area contributed by atoms with Gasteiger partial charge in [-0.05, 0) is 57.1 Å². The van der Waals surface area contributed by atoms with Gasteiger partial charge in [-0.25, -0.2) is 0 Å². The molecule has 3 fully saturated rings. The van der Waals surface area contributed by atoms with Gasteiger partial charge in [0.05, 0.1) is 12.6 Å². The fourth-order valence-electron chi connectivity index (χ4n) is 5.32. The van der Waals surface area contributed by atoms with Crippen LogP contribution in [0.5, 0.6) is 0 Å². The largest absolute Gasteiger partial charge is 0.394 e. The molecule has 6 nitrogen and oxygen atoms in total. The number of fused-ring (bicyclic) bond motifs is 4. The van der Waals surface area contributed by atoms with Gasteiger partial charge >= 0.3 is 0 Å². The van der Waals surface area contributed by atoms with E-state index in [0.717, 1.165) is 30.7 Å². The summed E-state index contributed by atoms with van der Waals surface area (Å²) in [5.41, 5.74) is 2.39. The molecule has 4 atom stereocenters. The minimum absolute atomic E-state index is 0.0187. The number of nitrogens with zero attached hydrogens (tertiary/aromatic N) is 3. The quantitative estimate of drug-likeness (QED) is 0.871. The lowest BCUT2D eigenvalue weighted by Crippen LogP contribution is -2.66.